The summed E-state index contributed by atoms with van der Waals surface area (Å²) in [5.74, 6) is 2.74. The Kier molecular flexibility index (Phi) is 5.06. The molecule has 0 aliphatic carbocycles. The molecule has 0 fully saturated rings. The number of hydrazine groups is 1. The number of rotatable bonds is 4. The summed E-state index contributed by atoms with van der Waals surface area (Å²) in [7, 11) is 0. The SMILES string of the molecule is C#CC1=C(/C=C\C)NNC1C(/C=C\C=C)=C/C. The first-order chi connectivity index (χ1) is 8.28. The highest BCUT2D eigenvalue weighted by molar-refractivity contribution is 5.50. The van der Waals surface area contributed by atoms with Crippen LogP contribution in [0.15, 0.2) is 59.9 Å². The molecule has 0 aromatic rings. The quantitative estimate of drug-likeness (QED) is 0.569. The Labute approximate surface area is 103 Å². The lowest BCUT2D eigenvalue weighted by atomic mass is 9.98. The molecule has 0 saturated carbocycles. The van der Waals surface area contributed by atoms with Crippen molar-refractivity contribution in [1.29, 1.82) is 0 Å². The molecule has 0 aromatic heterocycles. The highest BCUT2D eigenvalue weighted by Gasteiger charge is 2.23. The van der Waals surface area contributed by atoms with Crippen LogP contribution in [0, 0.1) is 12.3 Å². The third kappa shape index (κ3) is 2.99. The molecule has 1 unspecified atom stereocenters. The molecule has 1 aliphatic rings. The zero-order chi connectivity index (χ0) is 12.7. The molecule has 0 amide bonds. The van der Waals surface area contributed by atoms with Gasteiger partial charge >= 0.3 is 0 Å². The molecule has 1 aliphatic heterocycles. The Hall–Kier alpha value is -1.98. The molecule has 2 nitrogen and oxygen atoms in total. The average molecular weight is 226 g/mol. The standard InChI is InChI=1S/C15H18N2/c1-5-9-11-12(7-3)15-13(8-4)14(10-6-2)16-17-15/h4-7,9-11,15-17H,1H2,2-3H3/b10-6-,11-9-,12-7+. The number of terminal acetylenes is 1. The van der Waals surface area contributed by atoms with Crippen LogP contribution in [0.25, 0.3) is 0 Å². The van der Waals surface area contributed by atoms with E-state index in [4.69, 9.17) is 6.42 Å². The Morgan fingerprint density at radius 2 is 2.24 bits per heavy atom. The van der Waals surface area contributed by atoms with Gasteiger partial charge in [0.05, 0.1) is 11.7 Å². The molecule has 1 heterocycles. The van der Waals surface area contributed by atoms with Crippen molar-refractivity contribution < 1.29 is 0 Å². The molecule has 0 saturated heterocycles. The number of allylic oxidation sites excluding steroid dienone is 5. The predicted octanol–water partition coefficient (Wildman–Crippen LogP) is 2.61. The van der Waals surface area contributed by atoms with Crippen molar-refractivity contribution in [3.8, 4) is 12.3 Å². The maximum atomic E-state index is 5.57. The molecular formula is C15H18N2. The molecule has 0 spiro atoms. The lowest BCUT2D eigenvalue weighted by Gasteiger charge is -2.12. The van der Waals surface area contributed by atoms with Crippen molar-refractivity contribution in [2.75, 3.05) is 0 Å². The second kappa shape index (κ2) is 6.57. The fourth-order valence-electron chi connectivity index (χ4n) is 1.69. The summed E-state index contributed by atoms with van der Waals surface area (Å²) in [5.41, 5.74) is 9.27. The number of hydrogen-bond acceptors (Lipinski definition) is 2. The van der Waals surface area contributed by atoms with Crippen LogP contribution < -0.4 is 10.9 Å². The molecule has 2 N–H and O–H groups in total. The highest BCUT2D eigenvalue weighted by Crippen LogP contribution is 2.20. The lowest BCUT2D eigenvalue weighted by molar-refractivity contribution is 0.629. The summed E-state index contributed by atoms with van der Waals surface area (Å²) < 4.78 is 0. The van der Waals surface area contributed by atoms with E-state index in [1.807, 2.05) is 44.2 Å². The van der Waals surface area contributed by atoms with Gasteiger partial charge < -0.3 is 5.43 Å². The van der Waals surface area contributed by atoms with E-state index in [1.165, 1.54) is 0 Å². The second-order valence-electron chi connectivity index (χ2n) is 3.56. The van der Waals surface area contributed by atoms with Crippen LogP contribution in [-0.4, -0.2) is 6.04 Å². The first-order valence-electron chi connectivity index (χ1n) is 5.58. The average Bonchev–Trinajstić information content (AvgIpc) is 2.74. The summed E-state index contributed by atoms with van der Waals surface area (Å²) >= 11 is 0. The molecule has 2 heteroatoms. The Bertz CT molecular complexity index is 442. The number of nitrogens with one attached hydrogen (secondary N) is 2. The van der Waals surface area contributed by atoms with Gasteiger partial charge in [0, 0.05) is 5.57 Å². The molecule has 1 rings (SSSR count). The van der Waals surface area contributed by atoms with E-state index in [2.05, 4.69) is 23.4 Å². The summed E-state index contributed by atoms with van der Waals surface area (Å²) in [6.07, 6.45) is 17.2. The molecule has 88 valence electrons. The fourth-order valence-corrected chi connectivity index (χ4v) is 1.69. The summed E-state index contributed by atoms with van der Waals surface area (Å²) in [5, 5.41) is 0. The molecule has 0 aromatic carbocycles. The largest absolute Gasteiger partial charge is 0.320 e. The minimum absolute atomic E-state index is 0.0207. The van der Waals surface area contributed by atoms with Crippen molar-refractivity contribution in [1.82, 2.24) is 10.9 Å². The van der Waals surface area contributed by atoms with Crippen LogP contribution in [0.4, 0.5) is 0 Å². The lowest BCUT2D eigenvalue weighted by Crippen LogP contribution is -2.33. The third-order valence-electron chi connectivity index (χ3n) is 2.51. The second-order valence-corrected chi connectivity index (χ2v) is 3.56. The van der Waals surface area contributed by atoms with Crippen LogP contribution in [-0.2, 0) is 0 Å². The summed E-state index contributed by atoms with van der Waals surface area (Å²) in [6.45, 7) is 7.62. The molecule has 17 heavy (non-hydrogen) atoms. The zero-order valence-corrected chi connectivity index (χ0v) is 10.3. The van der Waals surface area contributed by atoms with Crippen molar-refractivity contribution in [2.45, 2.75) is 19.9 Å². The van der Waals surface area contributed by atoms with Crippen molar-refractivity contribution >= 4 is 0 Å². The number of hydrogen-bond donors (Lipinski definition) is 2. The van der Waals surface area contributed by atoms with E-state index in [0.29, 0.717) is 0 Å². The third-order valence-corrected chi connectivity index (χ3v) is 2.51. The monoisotopic (exact) mass is 226 g/mol. The van der Waals surface area contributed by atoms with Gasteiger partial charge in [0.25, 0.3) is 0 Å². The van der Waals surface area contributed by atoms with E-state index in [1.54, 1.807) is 6.08 Å². The van der Waals surface area contributed by atoms with E-state index >= 15 is 0 Å². The van der Waals surface area contributed by atoms with E-state index < -0.39 is 0 Å². The maximum absolute atomic E-state index is 5.57. The Morgan fingerprint density at radius 1 is 1.47 bits per heavy atom. The van der Waals surface area contributed by atoms with Crippen LogP contribution in [0.1, 0.15) is 13.8 Å². The van der Waals surface area contributed by atoms with Gasteiger partial charge in [-0.1, -0.05) is 42.9 Å². The maximum Gasteiger partial charge on any atom is 0.0856 e. The van der Waals surface area contributed by atoms with Crippen molar-refractivity contribution in [3.63, 3.8) is 0 Å². The summed E-state index contributed by atoms with van der Waals surface area (Å²) in [6, 6.07) is 0.0207. The van der Waals surface area contributed by atoms with E-state index in [0.717, 1.165) is 16.8 Å². The van der Waals surface area contributed by atoms with Gasteiger partial charge in [-0.05, 0) is 25.5 Å². The normalized spacial score (nSPS) is 21.0. The van der Waals surface area contributed by atoms with Crippen molar-refractivity contribution in [2.24, 2.45) is 0 Å². The zero-order valence-electron chi connectivity index (χ0n) is 10.3. The van der Waals surface area contributed by atoms with Gasteiger partial charge in [-0.25, -0.2) is 5.43 Å². The Morgan fingerprint density at radius 3 is 2.76 bits per heavy atom. The molecule has 0 radical (unpaired) electrons. The molecule has 0 bridgehead atoms. The molecule has 1 atom stereocenters. The summed E-state index contributed by atoms with van der Waals surface area (Å²) in [4.78, 5) is 0. The van der Waals surface area contributed by atoms with E-state index in [9.17, 15) is 0 Å². The minimum atomic E-state index is 0.0207. The van der Waals surface area contributed by atoms with Gasteiger partial charge in [-0.2, -0.15) is 0 Å². The van der Waals surface area contributed by atoms with Crippen LogP contribution in [0.3, 0.4) is 0 Å². The first-order valence-corrected chi connectivity index (χ1v) is 5.58. The van der Waals surface area contributed by atoms with Gasteiger partial charge in [0.15, 0.2) is 0 Å². The van der Waals surface area contributed by atoms with E-state index in [-0.39, 0.29) is 6.04 Å². The topological polar surface area (TPSA) is 24.1 Å². The van der Waals surface area contributed by atoms with Crippen molar-refractivity contribution in [3.05, 3.63) is 59.9 Å². The predicted molar refractivity (Wildman–Crippen MR) is 73.8 cm³/mol. The molecular weight excluding hydrogens is 208 g/mol. The van der Waals surface area contributed by atoms with Gasteiger partial charge in [0.2, 0.25) is 0 Å². The fraction of sp³-hybridized carbons (Fsp3) is 0.200. The van der Waals surface area contributed by atoms with Crippen LogP contribution in [0.5, 0.6) is 0 Å². The van der Waals surface area contributed by atoms with Gasteiger partial charge in [-0.15, -0.1) is 6.42 Å². The Balaban J connectivity index is 3.05. The first kappa shape index (κ1) is 13.1. The highest BCUT2D eigenvalue weighted by atomic mass is 15.4. The van der Waals surface area contributed by atoms with Crippen LogP contribution in [0.2, 0.25) is 0 Å². The minimum Gasteiger partial charge on any atom is -0.320 e. The van der Waals surface area contributed by atoms with Gasteiger partial charge in [0.1, 0.15) is 0 Å². The van der Waals surface area contributed by atoms with Gasteiger partial charge in [-0.3, -0.25) is 0 Å². The van der Waals surface area contributed by atoms with Crippen LogP contribution >= 0.6 is 0 Å². The smallest absolute Gasteiger partial charge is 0.0856 e.